The Balaban J connectivity index is 1.60. The van der Waals surface area contributed by atoms with Crippen LogP contribution in [-0.2, 0) is 19.6 Å². The minimum atomic E-state index is 0.508. The predicted molar refractivity (Wildman–Crippen MR) is 97.1 cm³/mol. The monoisotopic (exact) mass is 343 g/mol. The Morgan fingerprint density at radius 3 is 2.40 bits per heavy atom. The van der Waals surface area contributed by atoms with Gasteiger partial charge in [-0.3, -0.25) is 4.90 Å². The van der Waals surface area contributed by atoms with E-state index in [0.717, 1.165) is 63.0 Å². The molecule has 0 saturated carbocycles. The van der Waals surface area contributed by atoms with Gasteiger partial charge in [0, 0.05) is 37.0 Å². The fourth-order valence-corrected chi connectivity index (χ4v) is 3.50. The van der Waals surface area contributed by atoms with Crippen LogP contribution in [0.5, 0.6) is 0 Å². The molecule has 0 radical (unpaired) electrons. The highest BCUT2D eigenvalue weighted by Crippen LogP contribution is 2.28. The summed E-state index contributed by atoms with van der Waals surface area (Å²) in [6.45, 7) is 8.97. The van der Waals surface area contributed by atoms with E-state index in [1.54, 1.807) is 0 Å². The first-order chi connectivity index (χ1) is 12.1. The maximum absolute atomic E-state index is 4.53. The smallest absolute Gasteiger partial charge is 0.147 e. The second kappa shape index (κ2) is 8.01. The highest BCUT2D eigenvalue weighted by molar-refractivity contribution is 5.07. The SMILES string of the molecule is CCn1c(CN(C)C)nnc1C1CCN(Cc2cnc(C)nc2)CC1. The highest BCUT2D eigenvalue weighted by atomic mass is 15.3. The van der Waals surface area contributed by atoms with Crippen LogP contribution in [0.2, 0.25) is 0 Å². The van der Waals surface area contributed by atoms with E-state index in [4.69, 9.17) is 0 Å². The maximum Gasteiger partial charge on any atom is 0.147 e. The minimum absolute atomic E-state index is 0.508. The van der Waals surface area contributed by atoms with Crippen molar-refractivity contribution in [3.05, 3.63) is 35.4 Å². The zero-order chi connectivity index (χ0) is 17.8. The summed E-state index contributed by atoms with van der Waals surface area (Å²) in [6.07, 6.45) is 6.14. The summed E-state index contributed by atoms with van der Waals surface area (Å²) < 4.78 is 2.30. The Morgan fingerprint density at radius 2 is 1.80 bits per heavy atom. The molecule has 3 rings (SSSR count). The number of hydrogen-bond acceptors (Lipinski definition) is 6. The number of piperidine rings is 1. The quantitative estimate of drug-likeness (QED) is 0.797. The van der Waals surface area contributed by atoms with E-state index in [1.807, 2.05) is 19.3 Å². The van der Waals surface area contributed by atoms with E-state index >= 15 is 0 Å². The lowest BCUT2D eigenvalue weighted by Gasteiger charge is -2.31. The molecule has 0 aliphatic carbocycles. The van der Waals surface area contributed by atoms with Gasteiger partial charge in [0.1, 0.15) is 17.5 Å². The Bertz CT molecular complexity index is 669. The summed E-state index contributed by atoms with van der Waals surface area (Å²) >= 11 is 0. The van der Waals surface area contributed by atoms with E-state index in [-0.39, 0.29) is 0 Å². The van der Waals surface area contributed by atoms with Crippen molar-refractivity contribution in [1.29, 1.82) is 0 Å². The van der Waals surface area contributed by atoms with Gasteiger partial charge in [-0.25, -0.2) is 9.97 Å². The molecule has 3 heterocycles. The average molecular weight is 343 g/mol. The van der Waals surface area contributed by atoms with Crippen LogP contribution in [0, 0.1) is 6.92 Å². The number of aryl methyl sites for hydroxylation is 1. The second-order valence-electron chi connectivity index (χ2n) is 7.15. The van der Waals surface area contributed by atoms with Crippen LogP contribution in [0.4, 0.5) is 0 Å². The highest BCUT2D eigenvalue weighted by Gasteiger charge is 2.26. The van der Waals surface area contributed by atoms with Crippen LogP contribution >= 0.6 is 0 Å². The summed E-state index contributed by atoms with van der Waals surface area (Å²) in [7, 11) is 4.14. The molecule has 1 fully saturated rings. The van der Waals surface area contributed by atoms with E-state index in [1.165, 1.54) is 5.56 Å². The van der Waals surface area contributed by atoms with E-state index in [0.29, 0.717) is 5.92 Å². The summed E-state index contributed by atoms with van der Waals surface area (Å²) in [5.74, 6) is 3.57. The van der Waals surface area contributed by atoms with Gasteiger partial charge >= 0.3 is 0 Å². The van der Waals surface area contributed by atoms with Crippen LogP contribution in [0.15, 0.2) is 12.4 Å². The maximum atomic E-state index is 4.53. The molecule has 1 saturated heterocycles. The molecule has 2 aromatic heterocycles. The number of hydrogen-bond donors (Lipinski definition) is 0. The predicted octanol–water partition coefficient (Wildman–Crippen LogP) is 1.84. The van der Waals surface area contributed by atoms with Crippen molar-refractivity contribution >= 4 is 0 Å². The van der Waals surface area contributed by atoms with Gasteiger partial charge in [0.05, 0.1) is 6.54 Å². The molecular formula is C18H29N7. The summed E-state index contributed by atoms with van der Waals surface area (Å²) in [4.78, 5) is 13.2. The standard InChI is InChI=1S/C18H29N7/c1-5-25-17(13-23(3)4)21-22-18(25)16-6-8-24(9-7-16)12-15-10-19-14(2)20-11-15/h10-11,16H,5-9,12-13H2,1-4H3. The Labute approximate surface area is 150 Å². The number of rotatable bonds is 6. The van der Waals surface area contributed by atoms with Crippen molar-refractivity contribution in [1.82, 2.24) is 34.5 Å². The van der Waals surface area contributed by atoms with Crippen molar-refractivity contribution in [2.45, 2.75) is 52.2 Å². The molecular weight excluding hydrogens is 314 g/mol. The zero-order valence-corrected chi connectivity index (χ0v) is 15.8. The van der Waals surface area contributed by atoms with Gasteiger partial charge in [-0.05, 0) is 53.9 Å². The van der Waals surface area contributed by atoms with Crippen LogP contribution in [0.3, 0.4) is 0 Å². The van der Waals surface area contributed by atoms with Crippen molar-refractivity contribution in [2.24, 2.45) is 0 Å². The molecule has 0 aromatic carbocycles. The lowest BCUT2D eigenvalue weighted by molar-refractivity contribution is 0.199. The lowest BCUT2D eigenvalue weighted by Crippen LogP contribution is -2.33. The first kappa shape index (κ1) is 17.9. The van der Waals surface area contributed by atoms with E-state index in [9.17, 15) is 0 Å². The molecule has 7 heteroatoms. The molecule has 0 atom stereocenters. The van der Waals surface area contributed by atoms with Gasteiger partial charge in [-0.15, -0.1) is 10.2 Å². The topological polar surface area (TPSA) is 63.0 Å². The first-order valence-electron chi connectivity index (χ1n) is 9.13. The molecule has 1 aliphatic rings. The molecule has 25 heavy (non-hydrogen) atoms. The normalized spacial score (nSPS) is 16.7. The molecule has 0 bridgehead atoms. The molecule has 0 spiro atoms. The largest absolute Gasteiger partial charge is 0.314 e. The van der Waals surface area contributed by atoms with Crippen molar-refractivity contribution < 1.29 is 0 Å². The third-order valence-corrected chi connectivity index (χ3v) is 4.82. The molecule has 0 amide bonds. The van der Waals surface area contributed by atoms with Gasteiger partial charge in [0.25, 0.3) is 0 Å². The molecule has 136 valence electrons. The van der Waals surface area contributed by atoms with Crippen molar-refractivity contribution in [3.8, 4) is 0 Å². The molecule has 1 aliphatic heterocycles. The third kappa shape index (κ3) is 4.41. The number of nitrogens with zero attached hydrogens (tertiary/aromatic N) is 7. The van der Waals surface area contributed by atoms with Gasteiger partial charge in [-0.1, -0.05) is 0 Å². The third-order valence-electron chi connectivity index (χ3n) is 4.82. The molecule has 0 N–H and O–H groups in total. The lowest BCUT2D eigenvalue weighted by atomic mass is 9.95. The Kier molecular flexibility index (Phi) is 5.75. The second-order valence-corrected chi connectivity index (χ2v) is 7.15. The van der Waals surface area contributed by atoms with Crippen molar-refractivity contribution in [2.75, 3.05) is 27.2 Å². The fourth-order valence-electron chi connectivity index (χ4n) is 3.50. The number of aromatic nitrogens is 5. The van der Waals surface area contributed by atoms with Crippen LogP contribution in [0.25, 0.3) is 0 Å². The molecule has 7 nitrogen and oxygen atoms in total. The summed E-state index contributed by atoms with van der Waals surface area (Å²) in [5.41, 5.74) is 1.19. The summed E-state index contributed by atoms with van der Waals surface area (Å²) in [6, 6.07) is 0. The van der Waals surface area contributed by atoms with Crippen LogP contribution in [-0.4, -0.2) is 61.7 Å². The first-order valence-corrected chi connectivity index (χ1v) is 9.13. The number of likely N-dealkylation sites (tertiary alicyclic amines) is 1. The average Bonchev–Trinajstić information content (AvgIpc) is 2.99. The molecule has 0 unspecified atom stereocenters. The minimum Gasteiger partial charge on any atom is -0.314 e. The fraction of sp³-hybridized carbons (Fsp3) is 0.667. The van der Waals surface area contributed by atoms with Crippen LogP contribution < -0.4 is 0 Å². The van der Waals surface area contributed by atoms with Gasteiger partial charge < -0.3 is 9.47 Å². The van der Waals surface area contributed by atoms with E-state index in [2.05, 4.69) is 55.6 Å². The van der Waals surface area contributed by atoms with Crippen molar-refractivity contribution in [3.63, 3.8) is 0 Å². The Hall–Kier alpha value is -1.86. The van der Waals surface area contributed by atoms with Gasteiger partial charge in [0.2, 0.25) is 0 Å². The van der Waals surface area contributed by atoms with Crippen LogP contribution in [0.1, 0.15) is 48.7 Å². The molecule has 2 aromatic rings. The Morgan fingerprint density at radius 1 is 1.12 bits per heavy atom. The zero-order valence-electron chi connectivity index (χ0n) is 15.8. The van der Waals surface area contributed by atoms with Gasteiger partial charge in [0.15, 0.2) is 0 Å². The van der Waals surface area contributed by atoms with Gasteiger partial charge in [-0.2, -0.15) is 0 Å². The summed E-state index contributed by atoms with van der Waals surface area (Å²) in [5, 5.41) is 8.97. The van der Waals surface area contributed by atoms with E-state index < -0.39 is 0 Å².